The number of hydrogen-bond donors (Lipinski definition) is 2. The van der Waals surface area contributed by atoms with Crippen molar-refractivity contribution in [2.24, 2.45) is 0 Å². The Morgan fingerprint density at radius 3 is 2.36 bits per heavy atom. The van der Waals surface area contributed by atoms with E-state index in [4.69, 9.17) is 4.74 Å². The molecule has 0 fully saturated rings. The summed E-state index contributed by atoms with van der Waals surface area (Å²) in [7, 11) is 3.51. The van der Waals surface area contributed by atoms with Crippen LogP contribution in [-0.2, 0) is 5.60 Å². The van der Waals surface area contributed by atoms with Gasteiger partial charge in [-0.1, -0.05) is 49.4 Å². The minimum atomic E-state index is -0.995. The molecule has 2 rings (SSSR count). The Morgan fingerprint density at radius 2 is 1.82 bits per heavy atom. The number of rotatable bonds is 6. The first-order chi connectivity index (χ1) is 10.2. The Labute approximate surface area is 138 Å². The summed E-state index contributed by atoms with van der Waals surface area (Å²) in [4.78, 5) is 0. The number of benzene rings is 2. The third-order valence-corrected chi connectivity index (χ3v) is 4.01. The maximum atomic E-state index is 11.3. The van der Waals surface area contributed by atoms with Crippen molar-refractivity contribution in [1.82, 2.24) is 5.32 Å². The van der Waals surface area contributed by atoms with Crippen LogP contribution in [0.2, 0.25) is 0 Å². The molecule has 0 aliphatic rings. The molecule has 0 amide bonds. The van der Waals surface area contributed by atoms with E-state index in [1.54, 1.807) is 7.11 Å². The highest BCUT2D eigenvalue weighted by Crippen LogP contribution is 2.38. The van der Waals surface area contributed by atoms with Gasteiger partial charge < -0.3 is 15.2 Å². The standard InChI is InChI=1S/C18H23NO2.ClH/c1-4-18(20,15-11-8-12-16(13-15)21-3)17(19-2)14-9-6-5-7-10-14;/h5-13,17,19-20H,4H2,1-3H3;1H. The summed E-state index contributed by atoms with van der Waals surface area (Å²) >= 11 is 0. The highest BCUT2D eigenvalue weighted by atomic mass is 35.5. The van der Waals surface area contributed by atoms with Crippen LogP contribution in [0.1, 0.15) is 30.5 Å². The molecule has 0 spiro atoms. The second kappa shape index (κ2) is 8.18. The molecule has 22 heavy (non-hydrogen) atoms. The van der Waals surface area contributed by atoms with Crippen LogP contribution >= 0.6 is 12.4 Å². The maximum absolute atomic E-state index is 11.3. The molecular weight excluding hydrogens is 298 g/mol. The van der Waals surface area contributed by atoms with Gasteiger partial charge in [-0.2, -0.15) is 0 Å². The summed E-state index contributed by atoms with van der Waals surface area (Å²) in [5, 5.41) is 14.6. The molecule has 2 aromatic carbocycles. The second-order valence-corrected chi connectivity index (χ2v) is 5.14. The fourth-order valence-electron chi connectivity index (χ4n) is 2.79. The Kier molecular flexibility index (Phi) is 6.88. The van der Waals surface area contributed by atoms with Gasteiger partial charge in [0.2, 0.25) is 0 Å². The summed E-state index contributed by atoms with van der Waals surface area (Å²) < 4.78 is 5.28. The molecule has 2 atom stereocenters. The first kappa shape index (κ1) is 18.5. The van der Waals surface area contributed by atoms with Crippen LogP contribution in [0.3, 0.4) is 0 Å². The predicted octanol–water partition coefficient (Wildman–Crippen LogP) is 3.68. The van der Waals surface area contributed by atoms with Crippen molar-refractivity contribution in [1.29, 1.82) is 0 Å². The third-order valence-electron chi connectivity index (χ3n) is 4.01. The van der Waals surface area contributed by atoms with Crippen molar-refractivity contribution in [2.45, 2.75) is 25.0 Å². The van der Waals surface area contributed by atoms with Gasteiger partial charge in [-0.25, -0.2) is 0 Å². The van der Waals surface area contributed by atoms with Crippen LogP contribution in [-0.4, -0.2) is 19.3 Å². The molecule has 0 bridgehead atoms. The Bertz CT molecular complexity index is 576. The van der Waals surface area contributed by atoms with E-state index in [-0.39, 0.29) is 18.4 Å². The average molecular weight is 322 g/mol. The quantitative estimate of drug-likeness (QED) is 0.853. The van der Waals surface area contributed by atoms with Gasteiger partial charge in [-0.15, -0.1) is 12.4 Å². The van der Waals surface area contributed by atoms with Crippen molar-refractivity contribution in [3.05, 3.63) is 65.7 Å². The Morgan fingerprint density at radius 1 is 1.14 bits per heavy atom. The van der Waals surface area contributed by atoms with E-state index >= 15 is 0 Å². The minimum absolute atomic E-state index is 0. The van der Waals surface area contributed by atoms with Crippen LogP contribution < -0.4 is 10.1 Å². The average Bonchev–Trinajstić information content (AvgIpc) is 2.56. The number of likely N-dealkylation sites (N-methyl/N-ethyl adjacent to an activating group) is 1. The molecule has 0 aliphatic carbocycles. The molecule has 3 nitrogen and oxygen atoms in total. The number of halogens is 1. The second-order valence-electron chi connectivity index (χ2n) is 5.14. The lowest BCUT2D eigenvalue weighted by atomic mass is 9.80. The molecule has 4 heteroatoms. The number of aliphatic hydroxyl groups is 1. The fraction of sp³-hybridized carbons (Fsp3) is 0.333. The van der Waals surface area contributed by atoms with Crippen LogP contribution in [0.25, 0.3) is 0 Å². The van der Waals surface area contributed by atoms with Gasteiger partial charge in [0.05, 0.1) is 13.2 Å². The van der Waals surface area contributed by atoms with Crippen LogP contribution in [0.4, 0.5) is 0 Å². The molecular formula is C18H24ClNO2. The highest BCUT2D eigenvalue weighted by molar-refractivity contribution is 5.85. The van der Waals surface area contributed by atoms with Gasteiger partial charge in [0, 0.05) is 0 Å². The van der Waals surface area contributed by atoms with Crippen LogP contribution in [0, 0.1) is 0 Å². The minimum Gasteiger partial charge on any atom is -0.497 e. The van der Waals surface area contributed by atoms with E-state index in [9.17, 15) is 5.11 Å². The van der Waals surface area contributed by atoms with Gasteiger partial charge >= 0.3 is 0 Å². The fourth-order valence-corrected chi connectivity index (χ4v) is 2.79. The topological polar surface area (TPSA) is 41.5 Å². The summed E-state index contributed by atoms with van der Waals surface area (Å²) in [5.41, 5.74) is 0.921. The molecule has 0 aliphatic heterocycles. The van der Waals surface area contributed by atoms with Crippen LogP contribution in [0.15, 0.2) is 54.6 Å². The summed E-state index contributed by atoms with van der Waals surface area (Å²) in [5.74, 6) is 0.752. The SMILES string of the molecule is CCC(O)(c1cccc(OC)c1)C(NC)c1ccccc1.Cl. The normalized spacial score (nSPS) is 14.5. The highest BCUT2D eigenvalue weighted by Gasteiger charge is 2.37. The Hall–Kier alpha value is -1.55. The molecule has 0 heterocycles. The van der Waals surface area contributed by atoms with Gasteiger partial charge in [0.15, 0.2) is 0 Å². The monoisotopic (exact) mass is 321 g/mol. The number of ether oxygens (including phenoxy) is 1. The van der Waals surface area contributed by atoms with Crippen molar-refractivity contribution in [3.63, 3.8) is 0 Å². The molecule has 0 radical (unpaired) electrons. The zero-order valence-electron chi connectivity index (χ0n) is 13.2. The first-order valence-electron chi connectivity index (χ1n) is 7.24. The van der Waals surface area contributed by atoms with Crippen molar-refractivity contribution in [2.75, 3.05) is 14.2 Å². The molecule has 0 saturated carbocycles. The van der Waals surface area contributed by atoms with E-state index in [1.807, 2.05) is 68.6 Å². The molecule has 2 aromatic rings. The zero-order valence-corrected chi connectivity index (χ0v) is 14.1. The van der Waals surface area contributed by atoms with E-state index in [2.05, 4.69) is 5.32 Å². The molecule has 2 N–H and O–H groups in total. The van der Waals surface area contributed by atoms with E-state index in [0.717, 1.165) is 16.9 Å². The number of hydrogen-bond acceptors (Lipinski definition) is 3. The largest absolute Gasteiger partial charge is 0.497 e. The summed E-state index contributed by atoms with van der Waals surface area (Å²) in [6.45, 7) is 1.99. The summed E-state index contributed by atoms with van der Waals surface area (Å²) in [6, 6.07) is 17.5. The van der Waals surface area contributed by atoms with Gasteiger partial charge in [-0.3, -0.25) is 0 Å². The lowest BCUT2D eigenvalue weighted by Gasteiger charge is -2.36. The van der Waals surface area contributed by atoms with Crippen molar-refractivity contribution >= 4 is 12.4 Å². The predicted molar refractivity (Wildman–Crippen MR) is 92.7 cm³/mol. The van der Waals surface area contributed by atoms with E-state index < -0.39 is 5.60 Å². The first-order valence-corrected chi connectivity index (χ1v) is 7.24. The number of nitrogens with one attached hydrogen (secondary N) is 1. The third kappa shape index (κ3) is 3.61. The Balaban J connectivity index is 0.00000242. The lowest BCUT2D eigenvalue weighted by Crippen LogP contribution is -2.40. The smallest absolute Gasteiger partial charge is 0.119 e. The molecule has 0 saturated heterocycles. The van der Waals surface area contributed by atoms with Crippen molar-refractivity contribution in [3.8, 4) is 5.75 Å². The number of methoxy groups -OCH3 is 1. The van der Waals surface area contributed by atoms with Crippen LogP contribution in [0.5, 0.6) is 5.75 Å². The van der Waals surface area contributed by atoms with Crippen molar-refractivity contribution < 1.29 is 9.84 Å². The molecule has 0 aromatic heterocycles. The maximum Gasteiger partial charge on any atom is 0.119 e. The van der Waals surface area contributed by atoms with E-state index in [0.29, 0.717) is 6.42 Å². The summed E-state index contributed by atoms with van der Waals surface area (Å²) in [6.07, 6.45) is 0.598. The van der Waals surface area contributed by atoms with E-state index in [1.165, 1.54) is 0 Å². The zero-order chi connectivity index (χ0) is 15.3. The van der Waals surface area contributed by atoms with Gasteiger partial charge in [-0.05, 0) is 36.7 Å². The van der Waals surface area contributed by atoms with Gasteiger partial charge in [0.25, 0.3) is 0 Å². The molecule has 2 unspecified atom stereocenters. The lowest BCUT2D eigenvalue weighted by molar-refractivity contribution is -0.00629. The molecule has 120 valence electrons. The van der Waals surface area contributed by atoms with Gasteiger partial charge in [0.1, 0.15) is 11.4 Å².